The van der Waals surface area contributed by atoms with E-state index in [-0.39, 0.29) is 6.61 Å². The van der Waals surface area contributed by atoms with Gasteiger partial charge in [-0.15, -0.1) is 0 Å². The average Bonchev–Trinajstić information content (AvgIpc) is 3.18. The predicted octanol–water partition coefficient (Wildman–Crippen LogP) is 13.9. The molecule has 7 nitrogen and oxygen atoms in total. The van der Waals surface area contributed by atoms with Crippen molar-refractivity contribution in [3.05, 3.63) is 0 Å². The van der Waals surface area contributed by atoms with Crippen LogP contribution in [0.15, 0.2) is 0 Å². The quantitative estimate of drug-likeness (QED) is 0.0143. The van der Waals surface area contributed by atoms with E-state index in [0.717, 1.165) is 50.0 Å². The first-order chi connectivity index (χ1) is 26.4. The normalized spacial score (nSPS) is 13.8. The summed E-state index contributed by atoms with van der Waals surface area (Å²) in [5.74, 6) is 6.11. The molecule has 0 saturated carbocycles. The summed E-state index contributed by atoms with van der Waals surface area (Å²) >= 11 is 0. The molecule has 0 aliphatic rings. The molecule has 0 aromatic heterocycles. The second kappa shape index (κ2) is 38.7. The van der Waals surface area contributed by atoms with E-state index < -0.39 is 17.2 Å². The van der Waals surface area contributed by atoms with Crippen LogP contribution in [0, 0.1) is 5.41 Å². The number of nitrogens with two attached hydrogens (primary N) is 1. The van der Waals surface area contributed by atoms with Gasteiger partial charge >= 0.3 is 6.09 Å². The molecule has 0 aliphatic carbocycles. The van der Waals surface area contributed by atoms with Crippen LogP contribution < -0.4 is 11.2 Å². The van der Waals surface area contributed by atoms with Crippen molar-refractivity contribution in [3.8, 4) is 0 Å². The van der Waals surface area contributed by atoms with E-state index in [2.05, 4.69) is 26.1 Å². The minimum atomic E-state index is -1.76. The van der Waals surface area contributed by atoms with E-state index in [1.807, 2.05) is 6.92 Å². The van der Waals surface area contributed by atoms with Crippen LogP contribution >= 0.6 is 0 Å². The molecule has 322 valence electrons. The molecule has 2 unspecified atom stereocenters. The smallest absolute Gasteiger partial charge is 0.424 e. The number of ether oxygens (including phenoxy) is 1. The summed E-state index contributed by atoms with van der Waals surface area (Å²) in [6.07, 6.45) is 44.6. The van der Waals surface area contributed by atoms with Gasteiger partial charge < -0.3 is 9.84 Å². The standard InChI is InChI=1S/C47H95N3O4/c1-5-9-12-14-16-18-20-22-24-26-28-30-32-34-36-38-41-49-47(53,43-51)46(8-4,40-11-7-3)44-54-45(52)50(48)42-39-37-35-33-31-29-27-25-23-21-19-17-15-13-10-6-2/h43,49,53H,5-42,44,48H2,1-4H3. The van der Waals surface area contributed by atoms with Crippen LogP contribution in [0.4, 0.5) is 4.79 Å². The Morgan fingerprint density at radius 3 is 1.22 bits per heavy atom. The van der Waals surface area contributed by atoms with Crippen molar-refractivity contribution < 1.29 is 19.4 Å². The molecule has 0 bridgehead atoms. The molecule has 54 heavy (non-hydrogen) atoms. The zero-order chi connectivity index (χ0) is 39.9. The molecule has 2 atom stereocenters. The van der Waals surface area contributed by atoms with E-state index in [0.29, 0.717) is 32.2 Å². The number of carbonyl (C=O) groups excluding carboxylic acids is 2. The van der Waals surface area contributed by atoms with Crippen LogP contribution in [0.2, 0.25) is 0 Å². The molecule has 0 aromatic carbocycles. The SMILES string of the molecule is CCCCCCCCCCCCCCCCCCNC(O)(C=O)C(CC)(CCCC)COC(=O)N(N)CCCCCCCCCCCCCCCCCC. The molecule has 1 amide bonds. The van der Waals surface area contributed by atoms with Gasteiger partial charge in [0.25, 0.3) is 0 Å². The van der Waals surface area contributed by atoms with Gasteiger partial charge in [0.1, 0.15) is 6.61 Å². The number of hydrazine groups is 1. The molecule has 0 aliphatic heterocycles. The molecule has 0 aromatic rings. The van der Waals surface area contributed by atoms with Crippen LogP contribution in [0.3, 0.4) is 0 Å². The third-order valence-electron chi connectivity index (χ3n) is 12.0. The van der Waals surface area contributed by atoms with Crippen molar-refractivity contribution in [1.29, 1.82) is 0 Å². The molecule has 4 N–H and O–H groups in total. The van der Waals surface area contributed by atoms with Crippen LogP contribution in [-0.2, 0) is 9.53 Å². The zero-order valence-electron chi connectivity index (χ0n) is 36.9. The average molecular weight is 766 g/mol. The van der Waals surface area contributed by atoms with E-state index in [1.165, 1.54) is 173 Å². The molecule has 0 heterocycles. The van der Waals surface area contributed by atoms with Crippen molar-refractivity contribution in [1.82, 2.24) is 10.3 Å². The third-order valence-corrected chi connectivity index (χ3v) is 12.0. The van der Waals surface area contributed by atoms with Gasteiger partial charge in [0, 0.05) is 6.54 Å². The van der Waals surface area contributed by atoms with E-state index in [4.69, 9.17) is 10.6 Å². The van der Waals surface area contributed by atoms with E-state index in [1.54, 1.807) is 0 Å². The fourth-order valence-electron chi connectivity index (χ4n) is 7.95. The van der Waals surface area contributed by atoms with Crippen LogP contribution in [0.5, 0.6) is 0 Å². The molecule has 0 saturated heterocycles. The number of amides is 1. The lowest BCUT2D eigenvalue weighted by Crippen LogP contribution is -2.62. The number of nitrogens with zero attached hydrogens (tertiary/aromatic N) is 1. The summed E-state index contributed by atoms with van der Waals surface area (Å²) in [6, 6.07) is 0. The number of hydrogen-bond acceptors (Lipinski definition) is 6. The first-order valence-electron chi connectivity index (χ1n) is 24.0. The number of hydrogen-bond donors (Lipinski definition) is 3. The fourth-order valence-corrected chi connectivity index (χ4v) is 7.95. The molecule has 0 spiro atoms. The van der Waals surface area contributed by atoms with Gasteiger partial charge in [0.2, 0.25) is 0 Å². The van der Waals surface area contributed by atoms with Gasteiger partial charge in [0.15, 0.2) is 12.0 Å². The Kier molecular flexibility index (Phi) is 37.8. The summed E-state index contributed by atoms with van der Waals surface area (Å²) in [6.45, 7) is 9.56. The molecule has 0 rings (SSSR count). The highest BCUT2D eigenvalue weighted by molar-refractivity contribution is 5.67. The van der Waals surface area contributed by atoms with Crippen molar-refractivity contribution in [2.45, 2.75) is 265 Å². The van der Waals surface area contributed by atoms with Crippen LogP contribution in [0.1, 0.15) is 259 Å². The predicted molar refractivity (Wildman–Crippen MR) is 233 cm³/mol. The van der Waals surface area contributed by atoms with Gasteiger partial charge in [-0.3, -0.25) is 10.1 Å². The topological polar surface area (TPSA) is 105 Å². The summed E-state index contributed by atoms with van der Waals surface area (Å²) in [5.41, 5.74) is -2.68. The summed E-state index contributed by atoms with van der Waals surface area (Å²) in [7, 11) is 0. The number of carbonyl (C=O) groups is 2. The molecule has 7 heteroatoms. The van der Waals surface area contributed by atoms with Crippen molar-refractivity contribution >= 4 is 12.4 Å². The van der Waals surface area contributed by atoms with E-state index >= 15 is 0 Å². The fraction of sp³-hybridized carbons (Fsp3) is 0.957. The van der Waals surface area contributed by atoms with Gasteiger partial charge in [0.05, 0.1) is 5.41 Å². The highest BCUT2D eigenvalue weighted by Crippen LogP contribution is 2.38. The van der Waals surface area contributed by atoms with Crippen molar-refractivity contribution in [2.75, 3.05) is 19.7 Å². The highest BCUT2D eigenvalue weighted by Gasteiger charge is 2.50. The molecular formula is C47H95N3O4. The summed E-state index contributed by atoms with van der Waals surface area (Å²) < 4.78 is 5.72. The van der Waals surface area contributed by atoms with Crippen LogP contribution in [0.25, 0.3) is 0 Å². The first-order valence-corrected chi connectivity index (χ1v) is 24.0. The second-order valence-electron chi connectivity index (χ2n) is 16.9. The maximum Gasteiger partial charge on any atom is 0.424 e. The maximum atomic E-state index is 12.9. The minimum absolute atomic E-state index is 0.0454. The number of rotatable bonds is 43. The highest BCUT2D eigenvalue weighted by atomic mass is 16.6. The first kappa shape index (κ1) is 52.8. The van der Waals surface area contributed by atoms with Gasteiger partial charge in [-0.05, 0) is 32.2 Å². The Morgan fingerprint density at radius 2 is 0.889 bits per heavy atom. The third kappa shape index (κ3) is 28.3. The molecule has 0 radical (unpaired) electrons. The van der Waals surface area contributed by atoms with E-state index in [9.17, 15) is 14.7 Å². The Balaban J connectivity index is 4.26. The zero-order valence-corrected chi connectivity index (χ0v) is 36.9. The number of aldehydes is 1. The number of unbranched alkanes of at least 4 members (excludes halogenated alkanes) is 31. The van der Waals surface area contributed by atoms with Crippen LogP contribution in [-0.4, -0.2) is 47.9 Å². The maximum absolute atomic E-state index is 12.9. The lowest BCUT2D eigenvalue weighted by Gasteiger charge is -2.44. The Labute approximate surface area is 336 Å². The lowest BCUT2D eigenvalue weighted by molar-refractivity contribution is -0.159. The van der Waals surface area contributed by atoms with Crippen molar-refractivity contribution in [2.24, 2.45) is 11.3 Å². The Bertz CT molecular complexity index is 814. The second-order valence-corrected chi connectivity index (χ2v) is 16.9. The minimum Gasteiger partial charge on any atom is -0.448 e. The molecule has 0 fully saturated rings. The van der Waals surface area contributed by atoms with Gasteiger partial charge in [-0.2, -0.15) is 0 Å². The molecular weight excluding hydrogens is 671 g/mol. The summed E-state index contributed by atoms with van der Waals surface area (Å²) in [5, 5.41) is 16.0. The summed E-state index contributed by atoms with van der Waals surface area (Å²) in [4.78, 5) is 25.4. The largest absolute Gasteiger partial charge is 0.448 e. The lowest BCUT2D eigenvalue weighted by atomic mass is 9.72. The van der Waals surface area contributed by atoms with Gasteiger partial charge in [-0.25, -0.2) is 15.6 Å². The number of nitrogens with one attached hydrogen (secondary N) is 1. The number of aliphatic hydroxyl groups is 1. The Morgan fingerprint density at radius 1 is 0.556 bits per heavy atom. The Hall–Kier alpha value is -1.18. The van der Waals surface area contributed by atoms with Crippen molar-refractivity contribution in [3.63, 3.8) is 0 Å². The monoisotopic (exact) mass is 766 g/mol. The van der Waals surface area contributed by atoms with Gasteiger partial charge in [-0.1, -0.05) is 233 Å².